The molecule has 0 aromatic heterocycles. The van der Waals surface area contributed by atoms with E-state index in [1.807, 2.05) is 0 Å². The average molecular weight is 264 g/mol. The molecule has 0 fully saturated rings. The largest absolute Gasteiger partial charge is 0.330 e. The summed E-state index contributed by atoms with van der Waals surface area (Å²) in [6.07, 6.45) is 0.0506. The molecule has 0 radical (unpaired) electrons. The summed E-state index contributed by atoms with van der Waals surface area (Å²) in [5, 5.41) is 0. The summed E-state index contributed by atoms with van der Waals surface area (Å²) in [4.78, 5) is 11.3. The second-order valence-electron chi connectivity index (χ2n) is 2.71. The Hall–Kier alpha value is -0.810. The van der Waals surface area contributed by atoms with Gasteiger partial charge in [0, 0.05) is 12.5 Å². The molecular formula is C9H8BrF2NO. The Morgan fingerprint density at radius 1 is 1.36 bits per heavy atom. The maximum Gasteiger partial charge on any atom is 0.167 e. The fourth-order valence-electron chi connectivity index (χ4n) is 1.00. The Morgan fingerprint density at radius 2 is 2.00 bits per heavy atom. The molecule has 0 saturated heterocycles. The standard InChI is InChI=1S/C9H8BrF2NO/c10-6-3-5(9(14)1-2-13)7(11)4-8(6)12/h3-4H,1-2,13H2. The maximum absolute atomic E-state index is 13.1. The van der Waals surface area contributed by atoms with Crippen molar-refractivity contribution in [3.05, 3.63) is 33.8 Å². The summed E-state index contributed by atoms with van der Waals surface area (Å²) in [7, 11) is 0. The lowest BCUT2D eigenvalue weighted by atomic mass is 10.1. The third-order valence-corrected chi connectivity index (χ3v) is 2.29. The molecule has 0 saturated carbocycles. The summed E-state index contributed by atoms with van der Waals surface area (Å²) in [6.45, 7) is 0.146. The number of ketones is 1. The maximum atomic E-state index is 13.1. The van der Waals surface area contributed by atoms with Gasteiger partial charge in [-0.05, 0) is 28.5 Å². The Labute approximate surface area is 88.2 Å². The van der Waals surface area contributed by atoms with Crippen LogP contribution in [0.4, 0.5) is 8.78 Å². The molecule has 2 N–H and O–H groups in total. The predicted molar refractivity (Wildman–Crippen MR) is 52.1 cm³/mol. The average Bonchev–Trinajstić information content (AvgIpc) is 2.11. The van der Waals surface area contributed by atoms with Crippen LogP contribution in [0.5, 0.6) is 0 Å². The van der Waals surface area contributed by atoms with Crippen molar-refractivity contribution in [2.45, 2.75) is 6.42 Å². The quantitative estimate of drug-likeness (QED) is 0.672. The van der Waals surface area contributed by atoms with Crippen molar-refractivity contribution in [2.24, 2.45) is 5.73 Å². The summed E-state index contributed by atoms with van der Waals surface area (Å²) in [6, 6.07) is 1.80. The van der Waals surface area contributed by atoms with Gasteiger partial charge in [0.1, 0.15) is 11.6 Å². The van der Waals surface area contributed by atoms with Crippen LogP contribution in [0.2, 0.25) is 0 Å². The number of halogens is 3. The minimum Gasteiger partial charge on any atom is -0.330 e. The second-order valence-corrected chi connectivity index (χ2v) is 3.56. The van der Waals surface area contributed by atoms with Gasteiger partial charge in [0.15, 0.2) is 5.78 Å². The van der Waals surface area contributed by atoms with Gasteiger partial charge in [-0.1, -0.05) is 0 Å². The number of hydrogen-bond donors (Lipinski definition) is 1. The lowest BCUT2D eigenvalue weighted by molar-refractivity contribution is 0.0981. The van der Waals surface area contributed by atoms with Crippen LogP contribution in [0.25, 0.3) is 0 Å². The Morgan fingerprint density at radius 3 is 2.57 bits per heavy atom. The van der Waals surface area contributed by atoms with E-state index < -0.39 is 17.4 Å². The zero-order chi connectivity index (χ0) is 10.7. The molecule has 0 unspecified atom stereocenters. The van der Waals surface area contributed by atoms with Gasteiger partial charge in [-0.3, -0.25) is 4.79 Å². The molecule has 0 aliphatic heterocycles. The van der Waals surface area contributed by atoms with Crippen LogP contribution in [0, 0.1) is 11.6 Å². The zero-order valence-electron chi connectivity index (χ0n) is 7.19. The summed E-state index contributed by atoms with van der Waals surface area (Å²) in [5.74, 6) is -2.01. The fourth-order valence-corrected chi connectivity index (χ4v) is 1.35. The van der Waals surface area contributed by atoms with Crippen LogP contribution in [0.15, 0.2) is 16.6 Å². The van der Waals surface area contributed by atoms with Gasteiger partial charge in [0.25, 0.3) is 0 Å². The molecule has 0 bridgehead atoms. The van der Waals surface area contributed by atoms with Crippen molar-refractivity contribution >= 4 is 21.7 Å². The number of carbonyl (C=O) groups is 1. The molecule has 0 atom stereocenters. The monoisotopic (exact) mass is 263 g/mol. The van der Waals surface area contributed by atoms with Crippen molar-refractivity contribution in [1.82, 2.24) is 0 Å². The minimum absolute atomic E-state index is 0.0506. The highest BCUT2D eigenvalue weighted by molar-refractivity contribution is 9.10. The van der Waals surface area contributed by atoms with E-state index in [0.717, 1.165) is 6.07 Å². The van der Waals surface area contributed by atoms with E-state index in [-0.39, 0.29) is 23.0 Å². The molecule has 14 heavy (non-hydrogen) atoms. The first-order chi connectivity index (χ1) is 6.56. The van der Waals surface area contributed by atoms with E-state index in [2.05, 4.69) is 15.9 Å². The van der Waals surface area contributed by atoms with Crippen molar-refractivity contribution in [3.63, 3.8) is 0 Å². The molecule has 0 spiro atoms. The Bertz CT molecular complexity index is 368. The van der Waals surface area contributed by atoms with Gasteiger partial charge in [-0.25, -0.2) is 8.78 Å². The van der Waals surface area contributed by atoms with Gasteiger partial charge in [-0.2, -0.15) is 0 Å². The molecule has 2 nitrogen and oxygen atoms in total. The van der Waals surface area contributed by atoms with Gasteiger partial charge in [0.2, 0.25) is 0 Å². The zero-order valence-corrected chi connectivity index (χ0v) is 8.77. The van der Waals surface area contributed by atoms with Crippen molar-refractivity contribution in [3.8, 4) is 0 Å². The van der Waals surface area contributed by atoms with E-state index >= 15 is 0 Å². The van der Waals surface area contributed by atoms with Crippen molar-refractivity contribution in [1.29, 1.82) is 0 Å². The molecule has 0 heterocycles. The second kappa shape index (κ2) is 4.61. The number of rotatable bonds is 3. The number of Topliss-reactive ketones (excluding diaryl/α,β-unsaturated/α-hetero) is 1. The van der Waals surface area contributed by atoms with E-state index in [0.29, 0.717) is 6.07 Å². The fraction of sp³-hybridized carbons (Fsp3) is 0.222. The number of hydrogen-bond acceptors (Lipinski definition) is 2. The van der Waals surface area contributed by atoms with Crippen LogP contribution in [0.1, 0.15) is 16.8 Å². The molecular weight excluding hydrogens is 256 g/mol. The summed E-state index contributed by atoms with van der Waals surface area (Å²) in [5.41, 5.74) is 5.02. The van der Waals surface area contributed by atoms with E-state index in [1.54, 1.807) is 0 Å². The van der Waals surface area contributed by atoms with Crippen LogP contribution in [0.3, 0.4) is 0 Å². The molecule has 1 aromatic rings. The molecule has 1 aromatic carbocycles. The van der Waals surface area contributed by atoms with Crippen LogP contribution < -0.4 is 5.73 Å². The highest BCUT2D eigenvalue weighted by Crippen LogP contribution is 2.20. The number of carbonyl (C=O) groups excluding carboxylic acids is 1. The highest BCUT2D eigenvalue weighted by atomic mass is 79.9. The molecule has 5 heteroatoms. The Kier molecular flexibility index (Phi) is 3.71. The predicted octanol–water partition coefficient (Wildman–Crippen LogP) is 2.26. The number of nitrogens with two attached hydrogens (primary N) is 1. The van der Waals surface area contributed by atoms with E-state index in [4.69, 9.17) is 5.73 Å². The van der Waals surface area contributed by atoms with Crippen molar-refractivity contribution < 1.29 is 13.6 Å². The topological polar surface area (TPSA) is 43.1 Å². The van der Waals surface area contributed by atoms with Gasteiger partial charge in [-0.15, -0.1) is 0 Å². The molecule has 0 aliphatic carbocycles. The number of benzene rings is 1. The summed E-state index contributed by atoms with van der Waals surface area (Å²) < 4.78 is 25.9. The SMILES string of the molecule is NCCC(=O)c1cc(Br)c(F)cc1F. The lowest BCUT2D eigenvalue weighted by Crippen LogP contribution is -2.10. The van der Waals surface area contributed by atoms with Crippen LogP contribution in [-0.2, 0) is 0 Å². The summed E-state index contributed by atoms with van der Waals surface area (Å²) >= 11 is 2.87. The van der Waals surface area contributed by atoms with Crippen molar-refractivity contribution in [2.75, 3.05) is 6.54 Å². The van der Waals surface area contributed by atoms with E-state index in [1.165, 1.54) is 0 Å². The van der Waals surface area contributed by atoms with Crippen LogP contribution in [-0.4, -0.2) is 12.3 Å². The molecule has 0 aliphatic rings. The van der Waals surface area contributed by atoms with Gasteiger partial charge >= 0.3 is 0 Å². The van der Waals surface area contributed by atoms with Gasteiger partial charge < -0.3 is 5.73 Å². The van der Waals surface area contributed by atoms with E-state index in [9.17, 15) is 13.6 Å². The molecule has 1 rings (SSSR count). The smallest absolute Gasteiger partial charge is 0.167 e. The van der Waals surface area contributed by atoms with Crippen LogP contribution >= 0.6 is 15.9 Å². The minimum atomic E-state index is -0.857. The lowest BCUT2D eigenvalue weighted by Gasteiger charge is -2.02. The third-order valence-electron chi connectivity index (χ3n) is 1.68. The highest BCUT2D eigenvalue weighted by Gasteiger charge is 2.14. The molecule has 0 amide bonds. The third kappa shape index (κ3) is 2.36. The normalized spacial score (nSPS) is 10.3. The van der Waals surface area contributed by atoms with Gasteiger partial charge in [0.05, 0.1) is 10.0 Å². The first-order valence-electron chi connectivity index (χ1n) is 3.94. The Balaban J connectivity index is 3.09. The first kappa shape index (κ1) is 11.3. The molecule has 76 valence electrons. The first-order valence-corrected chi connectivity index (χ1v) is 4.73.